The highest BCUT2D eigenvalue weighted by Gasteiger charge is 2.10. The van der Waals surface area contributed by atoms with E-state index in [1.165, 1.54) is 11.0 Å². The normalized spacial score (nSPS) is 11.9. The van der Waals surface area contributed by atoms with E-state index in [1.807, 2.05) is 0 Å². The lowest BCUT2D eigenvalue weighted by molar-refractivity contribution is 0.175. The summed E-state index contributed by atoms with van der Waals surface area (Å²) in [7, 11) is 1.66. The highest BCUT2D eigenvalue weighted by Crippen LogP contribution is 2.15. The molecule has 0 radical (unpaired) electrons. The van der Waals surface area contributed by atoms with Gasteiger partial charge in [0.2, 0.25) is 5.95 Å². The monoisotopic (exact) mass is 295 g/mol. The molecule has 1 aromatic carbocycles. The van der Waals surface area contributed by atoms with E-state index in [2.05, 4.69) is 20.7 Å². The maximum absolute atomic E-state index is 11.6. The Morgan fingerprint density at radius 3 is 2.75 bits per heavy atom. The number of rotatable bonds is 4. The molecule has 0 saturated carbocycles. The van der Waals surface area contributed by atoms with Crippen molar-refractivity contribution in [2.45, 2.75) is 6.10 Å². The van der Waals surface area contributed by atoms with Crippen LogP contribution in [0.25, 0.3) is 0 Å². The van der Waals surface area contributed by atoms with Gasteiger partial charge in [0.25, 0.3) is 0 Å². The van der Waals surface area contributed by atoms with Crippen LogP contribution in [0.3, 0.4) is 0 Å². The second-order valence-corrected chi connectivity index (χ2v) is 4.55. The van der Waals surface area contributed by atoms with Crippen molar-refractivity contribution >= 4 is 23.6 Å². The molecular weight excluding hydrogens is 282 g/mol. The van der Waals surface area contributed by atoms with Crippen LogP contribution in [-0.4, -0.2) is 32.4 Å². The largest absolute Gasteiger partial charge is 0.387 e. The van der Waals surface area contributed by atoms with Crippen LogP contribution in [-0.2, 0) is 7.05 Å². The summed E-state index contributed by atoms with van der Waals surface area (Å²) in [5.41, 5.74) is 0.674. The molecule has 0 aliphatic rings. The topological polar surface area (TPSA) is 92.1 Å². The third kappa shape index (κ3) is 3.69. The molecule has 1 unspecified atom stereocenters. The zero-order chi connectivity index (χ0) is 14.5. The van der Waals surface area contributed by atoms with E-state index < -0.39 is 12.1 Å². The van der Waals surface area contributed by atoms with Crippen LogP contribution in [0.2, 0.25) is 5.02 Å². The highest BCUT2D eigenvalue weighted by molar-refractivity contribution is 6.30. The van der Waals surface area contributed by atoms with Crippen LogP contribution in [0.4, 0.5) is 10.7 Å². The molecule has 20 heavy (non-hydrogen) atoms. The van der Waals surface area contributed by atoms with Crippen molar-refractivity contribution in [3.8, 4) is 0 Å². The fourth-order valence-corrected chi connectivity index (χ4v) is 1.67. The molecule has 0 aliphatic heterocycles. The average Bonchev–Trinajstić information content (AvgIpc) is 2.82. The number of anilines is 1. The van der Waals surface area contributed by atoms with E-state index in [-0.39, 0.29) is 6.54 Å². The highest BCUT2D eigenvalue weighted by atomic mass is 35.5. The van der Waals surface area contributed by atoms with Crippen LogP contribution in [0.1, 0.15) is 11.7 Å². The van der Waals surface area contributed by atoms with Crippen LogP contribution in [0.15, 0.2) is 30.6 Å². The van der Waals surface area contributed by atoms with Gasteiger partial charge in [0.15, 0.2) is 0 Å². The zero-order valence-corrected chi connectivity index (χ0v) is 11.5. The second-order valence-electron chi connectivity index (χ2n) is 4.11. The number of carbonyl (C=O) groups is 1. The summed E-state index contributed by atoms with van der Waals surface area (Å²) in [6.07, 6.45) is 0.524. The molecule has 1 atom stereocenters. The van der Waals surface area contributed by atoms with Crippen LogP contribution < -0.4 is 10.6 Å². The summed E-state index contributed by atoms with van der Waals surface area (Å²) >= 11 is 5.76. The summed E-state index contributed by atoms with van der Waals surface area (Å²) in [4.78, 5) is 15.5. The molecule has 2 aromatic rings. The van der Waals surface area contributed by atoms with Crippen molar-refractivity contribution in [3.63, 3.8) is 0 Å². The molecule has 0 fully saturated rings. The molecule has 1 aromatic heterocycles. The quantitative estimate of drug-likeness (QED) is 0.793. The van der Waals surface area contributed by atoms with Gasteiger partial charge in [-0.2, -0.15) is 10.1 Å². The number of aliphatic hydroxyl groups excluding tert-OH is 1. The van der Waals surface area contributed by atoms with E-state index in [9.17, 15) is 9.90 Å². The smallest absolute Gasteiger partial charge is 0.321 e. The number of nitrogens with one attached hydrogen (secondary N) is 2. The van der Waals surface area contributed by atoms with E-state index in [0.29, 0.717) is 16.5 Å². The van der Waals surface area contributed by atoms with E-state index in [0.717, 1.165) is 0 Å². The van der Waals surface area contributed by atoms with Crippen LogP contribution >= 0.6 is 11.6 Å². The summed E-state index contributed by atoms with van der Waals surface area (Å²) < 4.78 is 1.43. The Labute approximate surface area is 120 Å². The summed E-state index contributed by atoms with van der Waals surface area (Å²) in [6.45, 7) is 0.0747. The standard InChI is InChI=1S/C12H14ClN5O2/c1-18-11(15-7-16-18)17-12(20)14-6-10(19)8-2-4-9(13)5-3-8/h2-5,7,10,19H,6H2,1H3,(H2,14,15,16,17,20). The minimum atomic E-state index is -0.808. The van der Waals surface area contributed by atoms with Gasteiger partial charge in [-0.1, -0.05) is 23.7 Å². The molecule has 0 aliphatic carbocycles. The van der Waals surface area contributed by atoms with E-state index >= 15 is 0 Å². The second kappa shape index (κ2) is 6.36. The first-order chi connectivity index (χ1) is 9.56. The van der Waals surface area contributed by atoms with Crippen LogP contribution in [0.5, 0.6) is 0 Å². The van der Waals surface area contributed by atoms with Crippen LogP contribution in [0, 0.1) is 0 Å². The lowest BCUT2D eigenvalue weighted by Crippen LogP contribution is -2.33. The molecule has 7 nitrogen and oxygen atoms in total. The Hall–Kier alpha value is -2.12. The Kier molecular flexibility index (Phi) is 4.54. The number of aliphatic hydroxyl groups is 1. The molecule has 2 rings (SSSR count). The molecule has 106 valence electrons. The number of amides is 2. The lowest BCUT2D eigenvalue weighted by atomic mass is 10.1. The zero-order valence-electron chi connectivity index (χ0n) is 10.7. The molecule has 0 spiro atoms. The van der Waals surface area contributed by atoms with Gasteiger partial charge in [-0.15, -0.1) is 0 Å². The first-order valence-corrected chi connectivity index (χ1v) is 6.26. The van der Waals surface area contributed by atoms with Gasteiger partial charge in [0.1, 0.15) is 6.33 Å². The van der Waals surface area contributed by atoms with Crippen molar-refractivity contribution in [1.82, 2.24) is 20.1 Å². The van der Waals surface area contributed by atoms with Gasteiger partial charge in [0.05, 0.1) is 6.10 Å². The predicted molar refractivity (Wildman–Crippen MR) is 74.4 cm³/mol. The van der Waals surface area contributed by atoms with Crippen molar-refractivity contribution in [2.24, 2.45) is 7.05 Å². The van der Waals surface area contributed by atoms with Crippen molar-refractivity contribution < 1.29 is 9.90 Å². The Morgan fingerprint density at radius 2 is 2.15 bits per heavy atom. The van der Waals surface area contributed by atoms with E-state index in [4.69, 9.17) is 11.6 Å². The first-order valence-electron chi connectivity index (χ1n) is 5.88. The summed E-state index contributed by atoms with van der Waals surface area (Å²) in [6, 6.07) is 6.30. The fraction of sp³-hybridized carbons (Fsp3) is 0.250. The van der Waals surface area contributed by atoms with Gasteiger partial charge >= 0.3 is 6.03 Å². The van der Waals surface area contributed by atoms with Gasteiger partial charge in [-0.3, -0.25) is 5.32 Å². The molecule has 1 heterocycles. The van der Waals surface area contributed by atoms with Crippen molar-refractivity contribution in [2.75, 3.05) is 11.9 Å². The Bertz CT molecular complexity index is 584. The fourth-order valence-electron chi connectivity index (χ4n) is 1.55. The SMILES string of the molecule is Cn1ncnc1NC(=O)NCC(O)c1ccc(Cl)cc1. The third-order valence-electron chi connectivity index (χ3n) is 2.65. The Morgan fingerprint density at radius 1 is 1.45 bits per heavy atom. The first kappa shape index (κ1) is 14.3. The summed E-state index contributed by atoms with van der Waals surface area (Å²) in [5, 5.41) is 19.4. The third-order valence-corrected chi connectivity index (χ3v) is 2.90. The molecule has 0 bridgehead atoms. The van der Waals surface area contributed by atoms with Crippen molar-refractivity contribution in [3.05, 3.63) is 41.2 Å². The van der Waals surface area contributed by atoms with E-state index in [1.54, 1.807) is 31.3 Å². The number of urea groups is 1. The molecule has 8 heteroatoms. The number of nitrogens with zero attached hydrogens (tertiary/aromatic N) is 3. The Balaban J connectivity index is 1.84. The maximum Gasteiger partial charge on any atom is 0.321 e. The maximum atomic E-state index is 11.6. The number of aromatic nitrogens is 3. The molecule has 3 N–H and O–H groups in total. The number of benzene rings is 1. The number of hydrogen-bond acceptors (Lipinski definition) is 4. The number of halogens is 1. The average molecular weight is 296 g/mol. The van der Waals surface area contributed by atoms with Gasteiger partial charge in [-0.05, 0) is 17.7 Å². The summed E-state index contributed by atoms with van der Waals surface area (Å²) in [5.74, 6) is 0.323. The minimum Gasteiger partial charge on any atom is -0.387 e. The van der Waals surface area contributed by atoms with Gasteiger partial charge < -0.3 is 10.4 Å². The predicted octanol–water partition coefficient (Wildman–Crippen LogP) is 1.32. The lowest BCUT2D eigenvalue weighted by Gasteiger charge is -2.12. The minimum absolute atomic E-state index is 0.0747. The number of carbonyl (C=O) groups excluding carboxylic acids is 1. The molecular formula is C12H14ClN5O2. The van der Waals surface area contributed by atoms with Gasteiger partial charge in [-0.25, -0.2) is 9.48 Å². The number of hydrogen-bond donors (Lipinski definition) is 3. The van der Waals surface area contributed by atoms with Crippen molar-refractivity contribution in [1.29, 1.82) is 0 Å². The van der Waals surface area contributed by atoms with Gasteiger partial charge in [0, 0.05) is 18.6 Å². The molecule has 2 amide bonds. The molecule has 0 saturated heterocycles. The number of aryl methyl sites for hydroxylation is 1.